The topological polar surface area (TPSA) is 35.0 Å². The highest BCUT2D eigenvalue weighted by Crippen LogP contribution is 2.21. The van der Waals surface area contributed by atoms with E-state index in [9.17, 15) is 0 Å². The van der Waals surface area contributed by atoms with Crippen molar-refractivity contribution in [2.45, 2.75) is 37.5 Å². The molecule has 2 heteroatoms. The predicted molar refractivity (Wildman–Crippen MR) is 37.7 cm³/mol. The van der Waals surface area contributed by atoms with Crippen LogP contribution in [0.2, 0.25) is 0 Å². The highest BCUT2D eigenvalue weighted by Gasteiger charge is 2.08. The smallest absolute Gasteiger partial charge is 0.0336 e. The summed E-state index contributed by atoms with van der Waals surface area (Å²) in [5, 5.41) is 0.508. The zero-order valence-electron chi connectivity index (χ0n) is 5.20. The first-order chi connectivity index (χ1) is 3.39. The predicted octanol–water partition coefficient (Wildman–Crippen LogP) is 2.72. The Bertz CT molecular complexity index is 50.5. The van der Waals surface area contributed by atoms with E-state index in [1.54, 1.807) is 0 Å². The Kier molecular flexibility index (Phi) is 4.29. The Labute approximate surface area is 56.0 Å². The number of hydrogen-bond donors (Lipinski definition) is 1. The summed E-state index contributed by atoms with van der Waals surface area (Å²) in [7, 11) is 0. The van der Waals surface area contributed by atoms with Crippen LogP contribution in [0.5, 0.6) is 0 Å². The van der Waals surface area contributed by atoms with Crippen molar-refractivity contribution < 1.29 is 0 Å². The summed E-state index contributed by atoms with van der Waals surface area (Å²) in [5.74, 6) is 0. The minimum Gasteiger partial charge on any atom is -0.344 e. The van der Waals surface area contributed by atoms with Crippen molar-refractivity contribution in [3.05, 3.63) is 0 Å². The first kappa shape index (κ1) is 8.25. The Morgan fingerprint density at radius 1 is 1.00 bits per heavy atom. The van der Waals surface area contributed by atoms with Gasteiger partial charge in [-0.2, -0.15) is 0 Å². The van der Waals surface area contributed by atoms with Crippen LogP contribution in [-0.4, -0.2) is 5.38 Å². The van der Waals surface area contributed by atoms with E-state index in [0.29, 0.717) is 5.38 Å². The van der Waals surface area contributed by atoms with Gasteiger partial charge >= 0.3 is 0 Å². The van der Waals surface area contributed by atoms with Crippen LogP contribution in [0.3, 0.4) is 0 Å². The molecule has 0 heterocycles. The first-order valence-corrected chi connectivity index (χ1v) is 3.47. The lowest BCUT2D eigenvalue weighted by Crippen LogP contribution is -2.03. The van der Waals surface area contributed by atoms with Gasteiger partial charge in [0.05, 0.1) is 0 Å². The number of halogens is 1. The lowest BCUT2D eigenvalue weighted by molar-refractivity contribution is 0.511. The van der Waals surface area contributed by atoms with E-state index in [4.69, 9.17) is 11.6 Å². The number of rotatable bonds is 0. The maximum atomic E-state index is 5.82. The fourth-order valence-electron chi connectivity index (χ4n) is 1.05. The SMILES string of the molecule is ClC1CCCCC1.N. The summed E-state index contributed by atoms with van der Waals surface area (Å²) in [5.41, 5.74) is 0. The molecular formula is C6H14ClN. The van der Waals surface area contributed by atoms with Gasteiger partial charge in [0.15, 0.2) is 0 Å². The summed E-state index contributed by atoms with van der Waals surface area (Å²) in [4.78, 5) is 0. The van der Waals surface area contributed by atoms with Crippen molar-refractivity contribution in [1.82, 2.24) is 6.15 Å². The van der Waals surface area contributed by atoms with Gasteiger partial charge < -0.3 is 6.15 Å². The van der Waals surface area contributed by atoms with Gasteiger partial charge in [0.1, 0.15) is 0 Å². The Morgan fingerprint density at radius 3 is 1.75 bits per heavy atom. The monoisotopic (exact) mass is 135 g/mol. The molecule has 0 atom stereocenters. The van der Waals surface area contributed by atoms with Crippen molar-refractivity contribution in [3.8, 4) is 0 Å². The molecule has 3 N–H and O–H groups in total. The van der Waals surface area contributed by atoms with Gasteiger partial charge in [0.25, 0.3) is 0 Å². The maximum absolute atomic E-state index is 5.82. The van der Waals surface area contributed by atoms with Gasteiger partial charge in [0, 0.05) is 5.38 Å². The van der Waals surface area contributed by atoms with Gasteiger partial charge in [-0.1, -0.05) is 19.3 Å². The lowest BCUT2D eigenvalue weighted by atomic mass is 10.0. The van der Waals surface area contributed by atoms with E-state index in [1.807, 2.05) is 0 Å². The summed E-state index contributed by atoms with van der Waals surface area (Å²) in [6, 6.07) is 0. The van der Waals surface area contributed by atoms with Crippen LogP contribution >= 0.6 is 11.6 Å². The van der Waals surface area contributed by atoms with Crippen LogP contribution in [0.1, 0.15) is 32.1 Å². The molecule has 1 fully saturated rings. The number of hydrogen-bond acceptors (Lipinski definition) is 1. The van der Waals surface area contributed by atoms with Crippen molar-refractivity contribution in [1.29, 1.82) is 0 Å². The average molecular weight is 136 g/mol. The normalized spacial score (nSPS) is 22.1. The molecule has 0 unspecified atom stereocenters. The second kappa shape index (κ2) is 4.16. The zero-order chi connectivity index (χ0) is 5.11. The van der Waals surface area contributed by atoms with Gasteiger partial charge in [-0.05, 0) is 12.8 Å². The molecule has 0 aromatic carbocycles. The highest BCUT2D eigenvalue weighted by atomic mass is 35.5. The van der Waals surface area contributed by atoms with E-state index in [0.717, 1.165) is 0 Å². The molecular weight excluding hydrogens is 122 g/mol. The molecule has 1 saturated carbocycles. The molecule has 0 amide bonds. The van der Waals surface area contributed by atoms with E-state index >= 15 is 0 Å². The third-order valence-corrected chi connectivity index (χ3v) is 1.97. The van der Waals surface area contributed by atoms with Crippen molar-refractivity contribution >= 4 is 11.6 Å². The van der Waals surface area contributed by atoms with Crippen LogP contribution in [0, 0.1) is 0 Å². The minimum absolute atomic E-state index is 0. The van der Waals surface area contributed by atoms with Crippen LogP contribution in [0.15, 0.2) is 0 Å². The summed E-state index contributed by atoms with van der Waals surface area (Å²) in [6.07, 6.45) is 6.62. The Balaban J connectivity index is 0.000000490. The molecule has 0 aromatic rings. The standard InChI is InChI=1S/C6H11Cl.H3N/c7-6-4-2-1-3-5-6;/h6H,1-5H2;1H3. The highest BCUT2D eigenvalue weighted by molar-refractivity contribution is 6.20. The molecule has 0 aromatic heterocycles. The maximum Gasteiger partial charge on any atom is 0.0336 e. The van der Waals surface area contributed by atoms with Crippen molar-refractivity contribution in [3.63, 3.8) is 0 Å². The van der Waals surface area contributed by atoms with E-state index in [1.165, 1.54) is 32.1 Å². The van der Waals surface area contributed by atoms with Crippen molar-refractivity contribution in [2.24, 2.45) is 0 Å². The molecule has 0 radical (unpaired) electrons. The second-order valence-corrected chi connectivity index (χ2v) is 2.85. The molecule has 50 valence electrons. The second-order valence-electron chi connectivity index (χ2n) is 2.24. The quantitative estimate of drug-likeness (QED) is 0.510. The molecule has 1 rings (SSSR count). The molecule has 0 saturated heterocycles. The summed E-state index contributed by atoms with van der Waals surface area (Å²) >= 11 is 5.82. The molecule has 0 aliphatic heterocycles. The molecule has 1 aliphatic carbocycles. The van der Waals surface area contributed by atoms with Gasteiger partial charge in [-0.15, -0.1) is 11.6 Å². The van der Waals surface area contributed by atoms with Crippen LogP contribution < -0.4 is 6.15 Å². The third kappa shape index (κ3) is 2.53. The first-order valence-electron chi connectivity index (χ1n) is 3.03. The van der Waals surface area contributed by atoms with E-state index in [2.05, 4.69) is 0 Å². The molecule has 0 bridgehead atoms. The molecule has 8 heavy (non-hydrogen) atoms. The van der Waals surface area contributed by atoms with E-state index in [-0.39, 0.29) is 6.15 Å². The average Bonchev–Trinajstić information content (AvgIpc) is 1.69. The van der Waals surface area contributed by atoms with Gasteiger partial charge in [0.2, 0.25) is 0 Å². The van der Waals surface area contributed by atoms with Crippen molar-refractivity contribution in [2.75, 3.05) is 0 Å². The largest absolute Gasteiger partial charge is 0.344 e. The van der Waals surface area contributed by atoms with Crippen LogP contribution in [0.25, 0.3) is 0 Å². The lowest BCUT2D eigenvalue weighted by Gasteiger charge is -2.13. The van der Waals surface area contributed by atoms with E-state index < -0.39 is 0 Å². The van der Waals surface area contributed by atoms with Gasteiger partial charge in [-0.3, -0.25) is 0 Å². The summed E-state index contributed by atoms with van der Waals surface area (Å²) in [6.45, 7) is 0. The minimum atomic E-state index is 0. The fourth-order valence-corrected chi connectivity index (χ4v) is 1.36. The Morgan fingerprint density at radius 2 is 1.50 bits per heavy atom. The molecule has 1 nitrogen and oxygen atoms in total. The molecule has 0 spiro atoms. The third-order valence-electron chi connectivity index (χ3n) is 1.53. The fraction of sp³-hybridized carbons (Fsp3) is 1.00. The molecule has 1 aliphatic rings. The number of alkyl halides is 1. The zero-order valence-corrected chi connectivity index (χ0v) is 5.95. The van der Waals surface area contributed by atoms with Gasteiger partial charge in [-0.25, -0.2) is 0 Å². The Hall–Kier alpha value is 0.250. The van der Waals surface area contributed by atoms with Crippen LogP contribution in [-0.2, 0) is 0 Å². The van der Waals surface area contributed by atoms with Crippen LogP contribution in [0.4, 0.5) is 0 Å². The summed E-state index contributed by atoms with van der Waals surface area (Å²) < 4.78 is 0.